The predicted octanol–water partition coefficient (Wildman–Crippen LogP) is 4.95. The van der Waals surface area contributed by atoms with E-state index in [1.807, 2.05) is 43.3 Å². The first-order valence-corrected chi connectivity index (χ1v) is 10.3. The molecule has 0 bridgehead atoms. The minimum absolute atomic E-state index is 0.0987. The number of carbonyl (C=O) groups excluding carboxylic acids is 1. The van der Waals surface area contributed by atoms with E-state index in [4.69, 9.17) is 14.2 Å². The monoisotopic (exact) mass is 407 g/mol. The highest BCUT2D eigenvalue weighted by Crippen LogP contribution is 2.47. The molecule has 0 aliphatic carbocycles. The van der Waals surface area contributed by atoms with Crippen molar-refractivity contribution >= 4 is 11.6 Å². The number of carbonyl (C=O) groups is 1. The first-order valence-electron chi connectivity index (χ1n) is 10.3. The van der Waals surface area contributed by atoms with Crippen molar-refractivity contribution in [2.45, 2.75) is 51.2 Å². The molecule has 0 unspecified atom stereocenters. The quantitative estimate of drug-likeness (QED) is 0.729. The van der Waals surface area contributed by atoms with Crippen molar-refractivity contribution in [3.8, 4) is 11.5 Å². The molecule has 2 aromatic rings. The molecule has 2 aromatic carbocycles. The molecule has 2 atom stereocenters. The minimum atomic E-state index is -1.05. The zero-order chi connectivity index (χ0) is 21.5. The maximum absolute atomic E-state index is 13.0. The lowest BCUT2D eigenvalue weighted by molar-refractivity contribution is -0.151. The van der Waals surface area contributed by atoms with E-state index in [0.29, 0.717) is 18.8 Å². The normalized spacial score (nSPS) is 23.0. The van der Waals surface area contributed by atoms with Gasteiger partial charge in [0.1, 0.15) is 24.2 Å². The van der Waals surface area contributed by atoms with Crippen LogP contribution in [0.3, 0.4) is 0 Å². The van der Waals surface area contributed by atoms with Crippen molar-refractivity contribution in [2.75, 3.05) is 19.0 Å². The van der Waals surface area contributed by atoms with E-state index < -0.39 is 5.60 Å². The number of hydrogen-bond acceptors (Lipinski definition) is 4. The summed E-state index contributed by atoms with van der Waals surface area (Å²) >= 11 is 0. The summed E-state index contributed by atoms with van der Waals surface area (Å²) in [5.41, 5.74) is 3.00. The number of rotatable bonds is 4. The summed E-state index contributed by atoms with van der Waals surface area (Å²) in [5, 5.41) is 2.96. The number of anilines is 1. The van der Waals surface area contributed by atoms with Gasteiger partial charge in [-0.15, -0.1) is 0 Å². The van der Waals surface area contributed by atoms with Crippen LogP contribution < -0.4 is 14.8 Å². The van der Waals surface area contributed by atoms with Gasteiger partial charge in [-0.1, -0.05) is 44.6 Å². The van der Waals surface area contributed by atoms with Crippen LogP contribution in [0, 0.1) is 0 Å². The van der Waals surface area contributed by atoms with Crippen molar-refractivity contribution < 1.29 is 19.0 Å². The Labute approximate surface area is 178 Å². The van der Waals surface area contributed by atoms with E-state index in [-0.39, 0.29) is 17.4 Å². The fraction of sp³-hybridized carbons (Fsp3) is 0.400. The molecule has 5 heteroatoms. The summed E-state index contributed by atoms with van der Waals surface area (Å²) in [6.45, 7) is 8.92. The van der Waals surface area contributed by atoms with Crippen LogP contribution in [0.1, 0.15) is 45.2 Å². The molecule has 1 amide bonds. The van der Waals surface area contributed by atoms with Gasteiger partial charge in [-0.2, -0.15) is 0 Å². The molecular formula is C25H29NO4. The molecule has 0 fully saturated rings. The van der Waals surface area contributed by atoms with Gasteiger partial charge in [-0.25, -0.2) is 0 Å². The average Bonchev–Trinajstić information content (AvgIpc) is 2.96. The van der Waals surface area contributed by atoms with Gasteiger partial charge in [0, 0.05) is 17.7 Å². The molecule has 2 aliphatic heterocycles. The number of amides is 1. The molecule has 158 valence electrons. The van der Waals surface area contributed by atoms with Gasteiger partial charge < -0.3 is 19.5 Å². The molecule has 2 aliphatic rings. The van der Waals surface area contributed by atoms with Crippen molar-refractivity contribution in [3.63, 3.8) is 0 Å². The minimum Gasteiger partial charge on any atom is -0.497 e. The van der Waals surface area contributed by atoms with Crippen LogP contribution in [0.15, 0.2) is 54.1 Å². The zero-order valence-corrected chi connectivity index (χ0v) is 18.2. The third-order valence-corrected chi connectivity index (χ3v) is 5.76. The molecular weight excluding hydrogens is 378 g/mol. The maximum atomic E-state index is 13.0. The van der Waals surface area contributed by atoms with E-state index >= 15 is 0 Å². The van der Waals surface area contributed by atoms with Crippen molar-refractivity contribution in [1.29, 1.82) is 0 Å². The zero-order valence-electron chi connectivity index (χ0n) is 18.2. The lowest BCUT2D eigenvalue weighted by Gasteiger charge is -2.35. The Kier molecular flexibility index (Phi) is 5.10. The Morgan fingerprint density at radius 3 is 2.50 bits per heavy atom. The number of hydrogen-bond donors (Lipinski definition) is 1. The van der Waals surface area contributed by atoms with E-state index in [2.05, 4.69) is 38.2 Å². The van der Waals surface area contributed by atoms with Gasteiger partial charge in [-0.3, -0.25) is 4.79 Å². The number of fused-ring (bicyclic) bond motifs is 2. The third-order valence-electron chi connectivity index (χ3n) is 5.76. The Balaban J connectivity index is 1.53. The molecule has 1 N–H and O–H groups in total. The second kappa shape index (κ2) is 7.47. The Bertz CT molecular complexity index is 987. The standard InChI is InChI=1S/C25H29NO4/c1-16-12-20(15-29-18-8-6-17(7-9-18)24(2,3)4)30-25(14-16)21-13-19(28-5)10-11-22(21)26-23(25)27/h6-13,20H,14-15H2,1-5H3,(H,26,27)/t20-,25+/m0/s1. The van der Waals surface area contributed by atoms with E-state index in [9.17, 15) is 4.79 Å². The SMILES string of the molecule is COc1ccc2c(c1)[C@]1(CC(C)=C[C@@H](COc3ccc(C(C)(C)C)cc3)O1)C(=O)N2. The molecule has 2 heterocycles. The number of methoxy groups -OCH3 is 1. The molecule has 0 radical (unpaired) electrons. The van der Waals surface area contributed by atoms with Gasteiger partial charge >= 0.3 is 0 Å². The van der Waals surface area contributed by atoms with E-state index in [0.717, 1.165) is 22.6 Å². The molecule has 30 heavy (non-hydrogen) atoms. The molecule has 0 saturated carbocycles. The van der Waals surface area contributed by atoms with Gasteiger partial charge in [0.15, 0.2) is 5.60 Å². The maximum Gasteiger partial charge on any atom is 0.261 e. The average molecular weight is 408 g/mol. The summed E-state index contributed by atoms with van der Waals surface area (Å²) in [7, 11) is 1.62. The second-order valence-electron chi connectivity index (χ2n) is 9.12. The summed E-state index contributed by atoms with van der Waals surface area (Å²) in [4.78, 5) is 13.0. The van der Waals surface area contributed by atoms with Gasteiger partial charge in [0.05, 0.1) is 7.11 Å². The van der Waals surface area contributed by atoms with Crippen molar-refractivity contribution in [1.82, 2.24) is 0 Å². The van der Waals surface area contributed by atoms with Crippen LogP contribution in [0.2, 0.25) is 0 Å². The van der Waals surface area contributed by atoms with Crippen LogP contribution in [-0.2, 0) is 20.5 Å². The molecule has 0 aromatic heterocycles. The Hall–Kier alpha value is -2.79. The Morgan fingerprint density at radius 2 is 1.83 bits per heavy atom. The van der Waals surface area contributed by atoms with Crippen LogP contribution in [-0.4, -0.2) is 25.7 Å². The summed E-state index contributed by atoms with van der Waals surface area (Å²) in [6, 6.07) is 13.7. The van der Waals surface area contributed by atoms with E-state index in [1.165, 1.54) is 5.56 Å². The molecule has 5 nitrogen and oxygen atoms in total. The van der Waals surface area contributed by atoms with Crippen LogP contribution >= 0.6 is 0 Å². The first-order chi connectivity index (χ1) is 14.2. The van der Waals surface area contributed by atoms with Gasteiger partial charge in [0.25, 0.3) is 5.91 Å². The van der Waals surface area contributed by atoms with Crippen molar-refractivity contribution in [2.24, 2.45) is 0 Å². The van der Waals surface area contributed by atoms with Gasteiger partial charge in [0.2, 0.25) is 0 Å². The van der Waals surface area contributed by atoms with Crippen LogP contribution in [0.25, 0.3) is 0 Å². The molecule has 0 saturated heterocycles. The number of benzene rings is 2. The van der Waals surface area contributed by atoms with E-state index in [1.54, 1.807) is 7.11 Å². The fourth-order valence-corrected chi connectivity index (χ4v) is 4.15. The van der Waals surface area contributed by atoms with Crippen molar-refractivity contribution in [3.05, 3.63) is 65.2 Å². The molecule has 1 spiro atoms. The smallest absolute Gasteiger partial charge is 0.261 e. The fourth-order valence-electron chi connectivity index (χ4n) is 4.15. The highest BCUT2D eigenvalue weighted by Gasteiger charge is 2.51. The highest BCUT2D eigenvalue weighted by atomic mass is 16.6. The summed E-state index contributed by atoms with van der Waals surface area (Å²) in [6.07, 6.45) is 2.22. The highest BCUT2D eigenvalue weighted by molar-refractivity contribution is 6.05. The topological polar surface area (TPSA) is 56.8 Å². The van der Waals surface area contributed by atoms with Crippen LogP contribution in [0.4, 0.5) is 5.69 Å². The summed E-state index contributed by atoms with van der Waals surface area (Å²) in [5.74, 6) is 1.35. The second-order valence-corrected chi connectivity index (χ2v) is 9.12. The Morgan fingerprint density at radius 1 is 1.13 bits per heavy atom. The number of ether oxygens (including phenoxy) is 3. The lowest BCUT2D eigenvalue weighted by Crippen LogP contribution is -2.44. The predicted molar refractivity (Wildman–Crippen MR) is 117 cm³/mol. The molecule has 4 rings (SSSR count). The lowest BCUT2D eigenvalue weighted by atomic mass is 9.85. The third kappa shape index (κ3) is 3.70. The summed E-state index contributed by atoms with van der Waals surface area (Å²) < 4.78 is 17.7. The largest absolute Gasteiger partial charge is 0.497 e. The first kappa shape index (κ1) is 20.5. The number of nitrogens with one attached hydrogen (secondary N) is 1. The van der Waals surface area contributed by atoms with Crippen LogP contribution in [0.5, 0.6) is 11.5 Å². The van der Waals surface area contributed by atoms with Gasteiger partial charge in [-0.05, 0) is 48.2 Å².